The topological polar surface area (TPSA) is 55.2 Å². The number of hydrogen-bond donors (Lipinski definition) is 1. The van der Waals surface area contributed by atoms with Crippen molar-refractivity contribution in [1.82, 2.24) is 9.97 Å². The third kappa shape index (κ3) is 5.23. The Hall–Kier alpha value is -3.33. The van der Waals surface area contributed by atoms with Crippen LogP contribution in [0.3, 0.4) is 0 Å². The van der Waals surface area contributed by atoms with E-state index < -0.39 is 11.5 Å². The third-order valence-electron chi connectivity index (χ3n) is 7.13. The van der Waals surface area contributed by atoms with Crippen LogP contribution in [0.5, 0.6) is 5.88 Å². The molecule has 200 valence electrons. The fourth-order valence-corrected chi connectivity index (χ4v) is 5.81. The van der Waals surface area contributed by atoms with Crippen LogP contribution >= 0.6 is 38.5 Å². The molecule has 0 aliphatic carbocycles. The van der Waals surface area contributed by atoms with Crippen molar-refractivity contribution in [2.45, 2.75) is 11.5 Å². The van der Waals surface area contributed by atoms with E-state index in [1.54, 1.807) is 19.5 Å². The van der Waals surface area contributed by atoms with Gasteiger partial charge in [0.2, 0.25) is 5.88 Å². The van der Waals surface area contributed by atoms with Gasteiger partial charge in [-0.1, -0.05) is 117 Å². The monoisotopic (exact) mass is 702 g/mol. The number of hydrogen-bond acceptors (Lipinski definition) is 4. The lowest BCUT2D eigenvalue weighted by Crippen LogP contribution is -2.36. The van der Waals surface area contributed by atoms with E-state index in [2.05, 4.69) is 67.8 Å². The van der Waals surface area contributed by atoms with Crippen molar-refractivity contribution in [3.8, 4) is 5.88 Å². The summed E-state index contributed by atoms with van der Waals surface area (Å²) in [6, 6.07) is 36.1. The molecule has 0 aliphatic rings. The molecule has 40 heavy (non-hydrogen) atoms. The normalized spacial score (nSPS) is 13.2. The van der Waals surface area contributed by atoms with Gasteiger partial charge in [-0.3, -0.25) is 4.98 Å². The molecule has 2 unspecified atom stereocenters. The Kier molecular flexibility index (Phi) is 8.78. The minimum atomic E-state index is -1.51. The molecule has 0 fully saturated rings. The smallest absolute Gasteiger partial charge is 0.217 e. The van der Waals surface area contributed by atoms with Crippen LogP contribution in [-0.4, -0.2) is 27.1 Å². The van der Waals surface area contributed by atoms with Crippen molar-refractivity contribution < 1.29 is 9.84 Å². The van der Waals surface area contributed by atoms with Gasteiger partial charge in [0.05, 0.1) is 18.5 Å². The van der Waals surface area contributed by atoms with Gasteiger partial charge in [-0.25, -0.2) is 4.98 Å². The zero-order valence-electron chi connectivity index (χ0n) is 22.1. The summed E-state index contributed by atoms with van der Waals surface area (Å²) in [5.41, 5.74) is 2.49. The van der Waals surface area contributed by atoms with E-state index in [1.807, 2.05) is 89.9 Å². The second kappa shape index (κ2) is 12.5. The molecule has 6 rings (SSSR count). The van der Waals surface area contributed by atoms with Gasteiger partial charge in [-0.2, -0.15) is 0 Å². The van der Waals surface area contributed by atoms with Crippen LogP contribution in [0.25, 0.3) is 21.7 Å². The SMILES string of the molecule is CI.COc1nc2ccc(Br)cc2cc1C(c1ccccc1)C(O)(c1cccnc1)c1cccc2ccccc12. The second-order valence-electron chi connectivity index (χ2n) is 9.30. The second-order valence-corrected chi connectivity index (χ2v) is 10.2. The van der Waals surface area contributed by atoms with Crippen LogP contribution in [0.4, 0.5) is 0 Å². The van der Waals surface area contributed by atoms with E-state index in [0.29, 0.717) is 11.4 Å². The Balaban J connectivity index is 0.00000158. The van der Waals surface area contributed by atoms with Crippen molar-refractivity contribution in [3.05, 3.63) is 148 Å². The van der Waals surface area contributed by atoms with E-state index in [1.165, 1.54) is 0 Å². The van der Waals surface area contributed by atoms with Gasteiger partial charge in [0, 0.05) is 33.4 Å². The Morgan fingerprint density at radius 2 is 1.57 bits per heavy atom. The molecule has 1 N–H and O–H groups in total. The van der Waals surface area contributed by atoms with Gasteiger partial charge in [0.1, 0.15) is 5.60 Å². The molecule has 0 amide bonds. The van der Waals surface area contributed by atoms with Crippen LogP contribution < -0.4 is 4.74 Å². The first-order chi connectivity index (χ1) is 19.6. The molecule has 6 aromatic rings. The van der Waals surface area contributed by atoms with E-state index >= 15 is 0 Å². The van der Waals surface area contributed by atoms with Crippen molar-refractivity contribution in [1.29, 1.82) is 0 Å². The molecule has 6 heteroatoms. The molecule has 0 saturated carbocycles. The molecule has 2 aromatic heterocycles. The first-order valence-electron chi connectivity index (χ1n) is 12.8. The quantitative estimate of drug-likeness (QED) is 0.139. The fourth-order valence-electron chi connectivity index (χ4n) is 5.43. The van der Waals surface area contributed by atoms with Crippen molar-refractivity contribution >= 4 is 60.2 Å². The summed E-state index contributed by atoms with van der Waals surface area (Å²) in [6.07, 6.45) is 3.47. The summed E-state index contributed by atoms with van der Waals surface area (Å²) in [4.78, 5) is 11.3. The Bertz CT molecular complexity index is 1740. The summed E-state index contributed by atoms with van der Waals surface area (Å²) in [7, 11) is 1.62. The molecule has 0 radical (unpaired) electrons. The van der Waals surface area contributed by atoms with Gasteiger partial charge < -0.3 is 9.84 Å². The van der Waals surface area contributed by atoms with Crippen LogP contribution in [0.1, 0.15) is 28.2 Å². The number of aliphatic hydroxyl groups is 1. The first-order valence-corrected chi connectivity index (χ1v) is 15.7. The average Bonchev–Trinajstić information content (AvgIpc) is 3.02. The molecule has 0 saturated heterocycles. The number of alkyl halides is 1. The summed E-state index contributed by atoms with van der Waals surface area (Å²) in [5.74, 6) is -0.0965. The van der Waals surface area contributed by atoms with Crippen LogP contribution in [0, 0.1) is 0 Å². The highest BCUT2D eigenvalue weighted by atomic mass is 127. The van der Waals surface area contributed by atoms with E-state index in [9.17, 15) is 5.11 Å². The number of rotatable bonds is 6. The first kappa shape index (κ1) is 28.2. The Morgan fingerprint density at radius 1 is 0.825 bits per heavy atom. The standard InChI is InChI=1S/C33H25BrN2O2.CH3I/c1-38-32-28(20-24-19-26(34)16-17-30(24)36-32)31(23-10-3-2-4-11-23)33(37,25-13-8-18-35-21-25)29-15-7-12-22-9-5-6-14-27(22)29;1-2/h2-21,31,37H,1H3;1H3. The zero-order chi connectivity index (χ0) is 28.1. The average molecular weight is 703 g/mol. The summed E-state index contributed by atoms with van der Waals surface area (Å²) in [6.45, 7) is 0. The number of aromatic nitrogens is 2. The predicted molar refractivity (Wildman–Crippen MR) is 175 cm³/mol. The summed E-state index contributed by atoms with van der Waals surface area (Å²) in [5, 5.41) is 16.2. The Labute approximate surface area is 256 Å². The van der Waals surface area contributed by atoms with Crippen molar-refractivity contribution in [2.75, 3.05) is 12.0 Å². The van der Waals surface area contributed by atoms with Gasteiger partial charge in [0.25, 0.3) is 0 Å². The zero-order valence-corrected chi connectivity index (χ0v) is 25.9. The number of pyridine rings is 2. The highest BCUT2D eigenvalue weighted by Gasteiger charge is 2.45. The van der Waals surface area contributed by atoms with Gasteiger partial charge in [0.15, 0.2) is 0 Å². The van der Waals surface area contributed by atoms with Crippen molar-refractivity contribution in [2.24, 2.45) is 0 Å². The molecule has 2 atom stereocenters. The maximum absolute atomic E-state index is 13.2. The highest BCUT2D eigenvalue weighted by molar-refractivity contribution is 14.1. The lowest BCUT2D eigenvalue weighted by molar-refractivity contribution is 0.0627. The largest absolute Gasteiger partial charge is 0.481 e. The van der Waals surface area contributed by atoms with E-state index in [-0.39, 0.29) is 0 Å². The van der Waals surface area contributed by atoms with E-state index in [0.717, 1.165) is 42.8 Å². The predicted octanol–water partition coefficient (Wildman–Crippen LogP) is 8.67. The number of nitrogens with zero attached hydrogens (tertiary/aromatic N) is 2. The number of halogens is 2. The number of fused-ring (bicyclic) bond motifs is 2. The Morgan fingerprint density at radius 3 is 2.33 bits per heavy atom. The number of ether oxygens (including phenoxy) is 1. The molecule has 0 spiro atoms. The van der Waals surface area contributed by atoms with Crippen LogP contribution in [-0.2, 0) is 5.60 Å². The minimum Gasteiger partial charge on any atom is -0.481 e. The molecule has 4 aromatic carbocycles. The minimum absolute atomic E-state index is 0.469. The fraction of sp³-hybridized carbons (Fsp3) is 0.118. The van der Waals surface area contributed by atoms with Crippen LogP contribution in [0.2, 0.25) is 0 Å². The van der Waals surface area contributed by atoms with Gasteiger partial charge in [-0.05, 0) is 57.2 Å². The molecule has 4 nitrogen and oxygen atoms in total. The number of benzene rings is 4. The summed E-state index contributed by atoms with van der Waals surface area (Å²) >= 11 is 5.75. The highest BCUT2D eigenvalue weighted by Crippen LogP contribution is 2.50. The van der Waals surface area contributed by atoms with Crippen LogP contribution in [0.15, 0.2) is 126 Å². The van der Waals surface area contributed by atoms with Gasteiger partial charge in [-0.15, -0.1) is 0 Å². The van der Waals surface area contributed by atoms with Gasteiger partial charge >= 0.3 is 0 Å². The summed E-state index contributed by atoms with van der Waals surface area (Å²) < 4.78 is 6.85. The molecular formula is C34H28BrIN2O2. The molecular weight excluding hydrogens is 675 g/mol. The molecule has 0 aliphatic heterocycles. The lowest BCUT2D eigenvalue weighted by atomic mass is 9.69. The maximum atomic E-state index is 13.2. The molecule has 0 bridgehead atoms. The third-order valence-corrected chi connectivity index (χ3v) is 7.62. The van der Waals surface area contributed by atoms with Crippen molar-refractivity contribution in [3.63, 3.8) is 0 Å². The number of methoxy groups -OCH3 is 1. The molecule has 2 heterocycles. The lowest BCUT2D eigenvalue weighted by Gasteiger charge is -2.39. The van der Waals surface area contributed by atoms with E-state index in [4.69, 9.17) is 9.72 Å². The maximum Gasteiger partial charge on any atom is 0.217 e.